The maximum atomic E-state index is 12.7. The van der Waals surface area contributed by atoms with Crippen molar-refractivity contribution in [1.29, 1.82) is 0 Å². The number of hydrogen-bond donors (Lipinski definition) is 0. The molecule has 0 unspecified atom stereocenters. The Morgan fingerprint density at radius 1 is 1.08 bits per heavy atom. The Balaban J connectivity index is 1.75. The van der Waals surface area contributed by atoms with Crippen LogP contribution in [-0.4, -0.2) is 24.2 Å². The number of nitro groups is 1. The van der Waals surface area contributed by atoms with Gasteiger partial charge >= 0.3 is 0 Å². The molecule has 1 saturated carbocycles. The number of carbonyl (C=O) groups is 2. The molecule has 3 rings (SSSR count). The largest absolute Gasteiger partial charge is 0.315 e. The molecule has 0 aromatic heterocycles. The molecule has 6 heteroatoms. The predicted molar refractivity (Wildman–Crippen MR) is 98.8 cm³/mol. The molecule has 0 saturated heterocycles. The lowest BCUT2D eigenvalue weighted by Crippen LogP contribution is -2.35. The van der Waals surface area contributed by atoms with Crippen molar-refractivity contribution in [3.8, 4) is 11.1 Å². The van der Waals surface area contributed by atoms with E-state index >= 15 is 0 Å². The minimum absolute atomic E-state index is 0.0253. The second-order valence-corrected chi connectivity index (χ2v) is 6.59. The molecule has 26 heavy (non-hydrogen) atoms. The molecule has 2 aromatic carbocycles. The molecule has 0 aliphatic heterocycles. The van der Waals surface area contributed by atoms with E-state index in [0.29, 0.717) is 0 Å². The average Bonchev–Trinajstić information content (AvgIpc) is 3.16. The first kappa shape index (κ1) is 17.8. The van der Waals surface area contributed by atoms with Gasteiger partial charge in [0.25, 0.3) is 5.69 Å². The van der Waals surface area contributed by atoms with Crippen molar-refractivity contribution in [3.63, 3.8) is 0 Å². The Hall–Kier alpha value is -3.02. The molecular formula is C20H20N2O4. The number of nitrogens with zero attached hydrogens (tertiary/aromatic N) is 2. The molecule has 2 atom stereocenters. The smallest absolute Gasteiger partial charge is 0.269 e. The van der Waals surface area contributed by atoms with Crippen molar-refractivity contribution in [2.45, 2.75) is 19.3 Å². The van der Waals surface area contributed by atoms with E-state index in [0.717, 1.165) is 42.4 Å². The van der Waals surface area contributed by atoms with E-state index in [1.165, 1.54) is 12.1 Å². The molecule has 1 aliphatic carbocycles. The summed E-state index contributed by atoms with van der Waals surface area (Å²) in [5.41, 5.74) is 2.60. The Bertz CT molecular complexity index is 815. The predicted octanol–water partition coefficient (Wildman–Crippen LogP) is 3.84. The van der Waals surface area contributed by atoms with Crippen LogP contribution in [0.15, 0.2) is 48.5 Å². The monoisotopic (exact) mass is 352 g/mol. The first-order valence-electron chi connectivity index (χ1n) is 8.59. The molecule has 1 aliphatic rings. The number of carbonyl (C=O) groups excluding carboxylic acids is 2. The summed E-state index contributed by atoms with van der Waals surface area (Å²) in [5.74, 6) is -0.432. The number of nitro benzene ring substituents is 1. The molecule has 1 amide bonds. The van der Waals surface area contributed by atoms with Crippen LogP contribution in [0.4, 0.5) is 11.4 Å². The van der Waals surface area contributed by atoms with Crippen LogP contribution >= 0.6 is 0 Å². The van der Waals surface area contributed by atoms with E-state index in [4.69, 9.17) is 0 Å². The van der Waals surface area contributed by atoms with E-state index in [-0.39, 0.29) is 23.4 Å². The summed E-state index contributed by atoms with van der Waals surface area (Å²) in [6.45, 7) is 0. The molecule has 0 N–H and O–H groups in total. The number of benzene rings is 2. The van der Waals surface area contributed by atoms with Crippen molar-refractivity contribution in [2.24, 2.45) is 11.8 Å². The standard InChI is InChI=1S/C20H20N2O4/c1-21(20(24)19-4-2-3-16(19)13-23)17-9-5-14(6-10-17)15-7-11-18(12-8-15)22(25)26/h5-13,16,19H,2-4H2,1H3/t16-,19+/m0/s1. The van der Waals surface area contributed by atoms with E-state index < -0.39 is 4.92 Å². The van der Waals surface area contributed by atoms with E-state index in [1.807, 2.05) is 24.3 Å². The minimum atomic E-state index is -0.428. The molecule has 134 valence electrons. The highest BCUT2D eigenvalue weighted by Gasteiger charge is 2.34. The van der Waals surface area contributed by atoms with Crippen molar-refractivity contribution in [1.82, 2.24) is 0 Å². The van der Waals surface area contributed by atoms with Crippen LogP contribution in [0.25, 0.3) is 11.1 Å². The number of amides is 1. The second kappa shape index (κ2) is 7.47. The maximum Gasteiger partial charge on any atom is 0.269 e. The summed E-state index contributed by atoms with van der Waals surface area (Å²) in [4.78, 5) is 35.7. The molecule has 1 fully saturated rings. The zero-order chi connectivity index (χ0) is 18.7. The normalized spacial score (nSPS) is 19.1. The Kier molecular flexibility index (Phi) is 5.11. The summed E-state index contributed by atoms with van der Waals surface area (Å²) in [7, 11) is 1.73. The van der Waals surface area contributed by atoms with Gasteiger partial charge in [-0.3, -0.25) is 14.9 Å². The number of hydrogen-bond acceptors (Lipinski definition) is 4. The lowest BCUT2D eigenvalue weighted by molar-refractivity contribution is -0.384. The zero-order valence-electron chi connectivity index (χ0n) is 14.5. The van der Waals surface area contributed by atoms with Gasteiger partial charge in [-0.25, -0.2) is 0 Å². The van der Waals surface area contributed by atoms with Gasteiger partial charge in [-0.05, 0) is 48.2 Å². The summed E-state index contributed by atoms with van der Waals surface area (Å²) >= 11 is 0. The van der Waals surface area contributed by atoms with Gasteiger partial charge in [0, 0.05) is 36.7 Å². The second-order valence-electron chi connectivity index (χ2n) is 6.59. The molecule has 0 radical (unpaired) electrons. The van der Waals surface area contributed by atoms with Gasteiger partial charge in [-0.15, -0.1) is 0 Å². The topological polar surface area (TPSA) is 80.5 Å². The summed E-state index contributed by atoms with van der Waals surface area (Å²) in [5, 5.41) is 10.7. The number of non-ortho nitro benzene ring substituents is 1. The molecule has 0 bridgehead atoms. The average molecular weight is 352 g/mol. The quantitative estimate of drug-likeness (QED) is 0.465. The fourth-order valence-electron chi connectivity index (χ4n) is 3.49. The fourth-order valence-corrected chi connectivity index (χ4v) is 3.49. The van der Waals surface area contributed by atoms with Crippen LogP contribution in [-0.2, 0) is 9.59 Å². The van der Waals surface area contributed by atoms with Crippen LogP contribution in [0, 0.1) is 22.0 Å². The lowest BCUT2D eigenvalue weighted by atomic mass is 9.96. The summed E-state index contributed by atoms with van der Waals surface area (Å²) < 4.78 is 0. The third kappa shape index (κ3) is 3.49. The van der Waals surface area contributed by atoms with Crippen molar-refractivity contribution >= 4 is 23.6 Å². The van der Waals surface area contributed by atoms with E-state index in [9.17, 15) is 19.7 Å². The van der Waals surface area contributed by atoms with Crippen molar-refractivity contribution < 1.29 is 14.5 Å². The van der Waals surface area contributed by atoms with Crippen molar-refractivity contribution in [2.75, 3.05) is 11.9 Å². The van der Waals surface area contributed by atoms with Crippen LogP contribution in [0.2, 0.25) is 0 Å². The fraction of sp³-hybridized carbons (Fsp3) is 0.300. The molecular weight excluding hydrogens is 332 g/mol. The Morgan fingerprint density at radius 3 is 2.19 bits per heavy atom. The van der Waals surface area contributed by atoms with Gasteiger partial charge in [0.05, 0.1) is 4.92 Å². The highest BCUT2D eigenvalue weighted by molar-refractivity contribution is 5.96. The summed E-state index contributed by atoms with van der Waals surface area (Å²) in [6.07, 6.45) is 3.36. The summed E-state index contributed by atoms with van der Waals surface area (Å²) in [6, 6.07) is 13.8. The third-order valence-corrected chi connectivity index (χ3v) is 5.06. The third-order valence-electron chi connectivity index (χ3n) is 5.06. The Morgan fingerprint density at radius 2 is 1.65 bits per heavy atom. The molecule has 6 nitrogen and oxygen atoms in total. The van der Waals surface area contributed by atoms with Gasteiger partial charge in [0.1, 0.15) is 6.29 Å². The molecule has 0 spiro atoms. The first-order valence-corrected chi connectivity index (χ1v) is 8.59. The van der Waals surface area contributed by atoms with Crippen LogP contribution in [0.3, 0.4) is 0 Å². The van der Waals surface area contributed by atoms with Crippen LogP contribution < -0.4 is 4.90 Å². The maximum absolute atomic E-state index is 12.7. The number of anilines is 1. The van der Waals surface area contributed by atoms with E-state index in [1.54, 1.807) is 24.1 Å². The SMILES string of the molecule is CN(C(=O)[C@@H]1CCC[C@H]1C=O)c1ccc(-c2ccc([N+](=O)[O-])cc2)cc1. The Labute approximate surface area is 151 Å². The van der Waals surface area contributed by atoms with Gasteiger partial charge in [0.15, 0.2) is 0 Å². The van der Waals surface area contributed by atoms with Gasteiger partial charge in [0.2, 0.25) is 5.91 Å². The van der Waals surface area contributed by atoms with Gasteiger partial charge in [-0.1, -0.05) is 18.6 Å². The van der Waals surface area contributed by atoms with Crippen LogP contribution in [0.1, 0.15) is 19.3 Å². The minimum Gasteiger partial charge on any atom is -0.315 e. The zero-order valence-corrected chi connectivity index (χ0v) is 14.5. The van der Waals surface area contributed by atoms with Gasteiger partial charge < -0.3 is 9.69 Å². The molecule has 2 aromatic rings. The molecule has 0 heterocycles. The van der Waals surface area contributed by atoms with Gasteiger partial charge in [-0.2, -0.15) is 0 Å². The van der Waals surface area contributed by atoms with E-state index in [2.05, 4.69) is 0 Å². The highest BCUT2D eigenvalue weighted by Crippen LogP contribution is 2.33. The lowest BCUT2D eigenvalue weighted by Gasteiger charge is -2.23. The number of aldehydes is 1. The highest BCUT2D eigenvalue weighted by atomic mass is 16.6. The van der Waals surface area contributed by atoms with Crippen molar-refractivity contribution in [3.05, 3.63) is 58.6 Å². The first-order chi connectivity index (χ1) is 12.5. The number of rotatable bonds is 5. The van der Waals surface area contributed by atoms with Crippen LogP contribution in [0.5, 0.6) is 0 Å².